The van der Waals surface area contributed by atoms with Crippen LogP contribution in [0.3, 0.4) is 0 Å². The predicted octanol–water partition coefficient (Wildman–Crippen LogP) is 3.62. The summed E-state index contributed by atoms with van der Waals surface area (Å²) in [5.74, 6) is 2.99. The molecule has 0 aliphatic carbocycles. The van der Waals surface area contributed by atoms with E-state index in [1.807, 2.05) is 31.2 Å². The Morgan fingerprint density at radius 2 is 2.03 bits per heavy atom. The summed E-state index contributed by atoms with van der Waals surface area (Å²) >= 11 is 0. The van der Waals surface area contributed by atoms with Gasteiger partial charge in [-0.05, 0) is 37.5 Å². The van der Waals surface area contributed by atoms with Crippen molar-refractivity contribution in [3.63, 3.8) is 0 Å². The number of aromatic nitrogens is 2. The Hall–Kier alpha value is -2.83. The fraction of sp³-hybridized carbons (Fsp3) is 0.500. The van der Waals surface area contributed by atoms with E-state index in [-0.39, 0.29) is 17.8 Å². The molecule has 0 N–H and O–H groups in total. The molecule has 1 aromatic carbocycles. The van der Waals surface area contributed by atoms with Crippen molar-refractivity contribution in [3.8, 4) is 17.4 Å². The summed E-state index contributed by atoms with van der Waals surface area (Å²) in [6, 6.07) is 8.04. The highest BCUT2D eigenvalue weighted by Gasteiger charge is 2.29. The number of hydrogen-bond donors (Lipinski definition) is 0. The lowest BCUT2D eigenvalue weighted by atomic mass is 9.96. The first kappa shape index (κ1) is 20.9. The summed E-state index contributed by atoms with van der Waals surface area (Å²) in [6.07, 6.45) is 3.01. The SMILES string of the molecule is CCOc1ncnc(N2CC[C@@H](Oc3ccc([C@H](C)CC(C)=O)cc3)C2)c1OC. The summed E-state index contributed by atoms with van der Waals surface area (Å²) in [6.45, 7) is 7.65. The average Bonchev–Trinajstić information content (AvgIpc) is 3.16. The van der Waals surface area contributed by atoms with Crippen LogP contribution in [0.4, 0.5) is 5.82 Å². The van der Waals surface area contributed by atoms with Crippen molar-refractivity contribution in [3.05, 3.63) is 36.2 Å². The molecule has 0 radical (unpaired) electrons. The topological polar surface area (TPSA) is 73.8 Å². The number of carbonyl (C=O) groups excluding carboxylic acids is 1. The van der Waals surface area contributed by atoms with E-state index in [4.69, 9.17) is 14.2 Å². The summed E-state index contributed by atoms with van der Waals surface area (Å²) in [7, 11) is 1.60. The third-order valence-electron chi connectivity index (χ3n) is 5.03. The third kappa shape index (κ3) is 5.16. The molecule has 2 aromatic rings. The Bertz CT molecular complexity index is 825. The van der Waals surface area contributed by atoms with Gasteiger partial charge in [0.1, 0.15) is 24.0 Å². The minimum atomic E-state index is 0.0608. The zero-order valence-corrected chi connectivity index (χ0v) is 17.6. The van der Waals surface area contributed by atoms with Crippen molar-refractivity contribution in [2.75, 3.05) is 31.7 Å². The minimum absolute atomic E-state index is 0.0608. The maximum absolute atomic E-state index is 11.3. The molecule has 3 rings (SSSR count). The molecule has 7 heteroatoms. The molecule has 2 heterocycles. The number of carbonyl (C=O) groups is 1. The highest BCUT2D eigenvalue weighted by atomic mass is 16.5. The summed E-state index contributed by atoms with van der Waals surface area (Å²) in [4.78, 5) is 22.0. The first-order chi connectivity index (χ1) is 14.0. The van der Waals surface area contributed by atoms with Gasteiger partial charge >= 0.3 is 0 Å². The number of methoxy groups -OCH3 is 1. The van der Waals surface area contributed by atoms with E-state index in [2.05, 4.69) is 21.8 Å². The number of benzene rings is 1. The highest BCUT2D eigenvalue weighted by molar-refractivity contribution is 5.76. The van der Waals surface area contributed by atoms with Crippen LogP contribution >= 0.6 is 0 Å². The molecule has 29 heavy (non-hydrogen) atoms. The Labute approximate surface area is 172 Å². The van der Waals surface area contributed by atoms with Gasteiger partial charge < -0.3 is 23.9 Å². The van der Waals surface area contributed by atoms with Crippen LogP contribution in [0.25, 0.3) is 0 Å². The number of rotatable bonds is 9. The van der Waals surface area contributed by atoms with Gasteiger partial charge in [-0.2, -0.15) is 4.98 Å². The van der Waals surface area contributed by atoms with E-state index in [0.29, 0.717) is 31.2 Å². The number of Topliss-reactive ketones (excluding diaryl/α,β-unsaturated/α-hetero) is 1. The fourth-order valence-electron chi connectivity index (χ4n) is 3.63. The van der Waals surface area contributed by atoms with E-state index in [9.17, 15) is 4.79 Å². The van der Waals surface area contributed by atoms with Gasteiger partial charge in [-0.1, -0.05) is 19.1 Å². The molecule has 0 unspecified atom stereocenters. The lowest BCUT2D eigenvalue weighted by Gasteiger charge is -2.21. The van der Waals surface area contributed by atoms with Crippen molar-refractivity contribution >= 4 is 11.6 Å². The first-order valence-corrected chi connectivity index (χ1v) is 10.0. The van der Waals surface area contributed by atoms with Gasteiger partial charge in [-0.25, -0.2) is 4.98 Å². The Morgan fingerprint density at radius 1 is 1.28 bits per heavy atom. The van der Waals surface area contributed by atoms with Gasteiger partial charge in [0.2, 0.25) is 5.75 Å². The Kier molecular flexibility index (Phi) is 6.90. The minimum Gasteiger partial charge on any atom is -0.489 e. The molecule has 0 bridgehead atoms. The number of hydrogen-bond acceptors (Lipinski definition) is 7. The summed E-state index contributed by atoms with van der Waals surface area (Å²) in [5, 5.41) is 0. The average molecular weight is 399 g/mol. The smallest absolute Gasteiger partial charge is 0.262 e. The largest absolute Gasteiger partial charge is 0.489 e. The molecule has 1 aliphatic heterocycles. The molecule has 7 nitrogen and oxygen atoms in total. The Morgan fingerprint density at radius 3 is 2.69 bits per heavy atom. The van der Waals surface area contributed by atoms with Gasteiger partial charge in [-0.3, -0.25) is 0 Å². The molecule has 1 fully saturated rings. The van der Waals surface area contributed by atoms with E-state index < -0.39 is 0 Å². The summed E-state index contributed by atoms with van der Waals surface area (Å²) in [5.41, 5.74) is 1.15. The lowest BCUT2D eigenvalue weighted by molar-refractivity contribution is -0.117. The van der Waals surface area contributed by atoms with Gasteiger partial charge in [-0.15, -0.1) is 0 Å². The molecule has 0 saturated carbocycles. The van der Waals surface area contributed by atoms with Crippen LogP contribution < -0.4 is 19.1 Å². The second kappa shape index (κ2) is 9.58. The first-order valence-electron chi connectivity index (χ1n) is 10.0. The number of anilines is 1. The predicted molar refractivity (Wildman–Crippen MR) is 111 cm³/mol. The molecule has 1 saturated heterocycles. The molecule has 1 aliphatic rings. The van der Waals surface area contributed by atoms with Crippen LogP contribution in [0.1, 0.15) is 45.1 Å². The van der Waals surface area contributed by atoms with Gasteiger partial charge in [0.15, 0.2) is 5.82 Å². The number of nitrogens with zero attached hydrogens (tertiary/aromatic N) is 3. The standard InChI is InChI=1S/C22H29N3O4/c1-5-28-22-20(27-4)21(23-14-24-22)25-11-10-19(13-25)29-18-8-6-17(7-9-18)15(2)12-16(3)26/h6-9,14-15,19H,5,10-13H2,1-4H3/t15-,19-/m1/s1. The van der Waals surface area contributed by atoms with Gasteiger partial charge in [0, 0.05) is 19.4 Å². The molecular weight excluding hydrogens is 370 g/mol. The van der Waals surface area contributed by atoms with Gasteiger partial charge in [0.05, 0.1) is 20.3 Å². The highest BCUT2D eigenvalue weighted by Crippen LogP contribution is 2.35. The quantitative estimate of drug-likeness (QED) is 0.637. The van der Waals surface area contributed by atoms with E-state index in [0.717, 1.165) is 30.1 Å². The molecule has 1 aromatic heterocycles. The van der Waals surface area contributed by atoms with Crippen molar-refractivity contribution in [2.24, 2.45) is 0 Å². The maximum Gasteiger partial charge on any atom is 0.262 e. The fourth-order valence-corrected chi connectivity index (χ4v) is 3.63. The van der Waals surface area contributed by atoms with Crippen LogP contribution in [0.15, 0.2) is 30.6 Å². The molecule has 0 spiro atoms. The maximum atomic E-state index is 11.3. The van der Waals surface area contributed by atoms with Crippen LogP contribution in [0.2, 0.25) is 0 Å². The third-order valence-corrected chi connectivity index (χ3v) is 5.03. The monoisotopic (exact) mass is 399 g/mol. The molecule has 156 valence electrons. The van der Waals surface area contributed by atoms with Crippen LogP contribution in [-0.4, -0.2) is 48.7 Å². The van der Waals surface area contributed by atoms with E-state index >= 15 is 0 Å². The molecule has 2 atom stereocenters. The van der Waals surface area contributed by atoms with E-state index in [1.54, 1.807) is 14.0 Å². The normalized spacial score (nSPS) is 17.1. The van der Waals surface area contributed by atoms with Crippen molar-refractivity contribution in [2.45, 2.75) is 45.6 Å². The van der Waals surface area contributed by atoms with Crippen LogP contribution in [-0.2, 0) is 4.79 Å². The summed E-state index contributed by atoms with van der Waals surface area (Å²) < 4.78 is 17.2. The van der Waals surface area contributed by atoms with Crippen LogP contribution in [0, 0.1) is 0 Å². The van der Waals surface area contributed by atoms with Crippen molar-refractivity contribution in [1.82, 2.24) is 9.97 Å². The second-order valence-corrected chi connectivity index (χ2v) is 7.32. The van der Waals surface area contributed by atoms with Gasteiger partial charge in [0.25, 0.3) is 5.88 Å². The zero-order chi connectivity index (χ0) is 20.8. The molecule has 0 amide bonds. The molecular formula is C22H29N3O4. The van der Waals surface area contributed by atoms with Crippen molar-refractivity contribution < 1.29 is 19.0 Å². The zero-order valence-electron chi connectivity index (χ0n) is 17.6. The Balaban J connectivity index is 1.63. The van der Waals surface area contributed by atoms with Crippen LogP contribution in [0.5, 0.6) is 17.4 Å². The lowest BCUT2D eigenvalue weighted by Crippen LogP contribution is -2.26. The number of ether oxygens (including phenoxy) is 3. The number of ketones is 1. The second-order valence-electron chi connectivity index (χ2n) is 7.32. The van der Waals surface area contributed by atoms with E-state index in [1.165, 1.54) is 6.33 Å². The van der Waals surface area contributed by atoms with Crippen molar-refractivity contribution in [1.29, 1.82) is 0 Å².